The fraction of sp³-hybridized carbons (Fsp3) is 0. The number of hydrogen-bond acceptors (Lipinski definition) is 5. The number of aromatic hydroxyl groups is 1. The molecular weight excluding hydrogens is 268 g/mol. The van der Waals surface area contributed by atoms with E-state index in [0.29, 0.717) is 16.6 Å². The number of hydrazone groups is 1. The number of phenolic OH excluding ortho intramolecular Hbond substituents is 1. The Hall–Kier alpha value is -3.15. The number of rotatable bonds is 3. The van der Waals surface area contributed by atoms with Crippen molar-refractivity contribution in [2.45, 2.75) is 0 Å². The van der Waals surface area contributed by atoms with E-state index in [0.717, 1.165) is 0 Å². The first-order valence-electron chi connectivity index (χ1n) is 6.30. The van der Waals surface area contributed by atoms with Gasteiger partial charge in [-0.15, -0.1) is 0 Å². The molecule has 0 radical (unpaired) electrons. The highest BCUT2D eigenvalue weighted by Crippen LogP contribution is 2.13. The fourth-order valence-corrected chi connectivity index (χ4v) is 1.87. The Balaban J connectivity index is 1.87. The van der Waals surface area contributed by atoms with Crippen LogP contribution in [0.1, 0.15) is 5.56 Å². The molecule has 1 aromatic heterocycles. The summed E-state index contributed by atoms with van der Waals surface area (Å²) in [5.41, 5.74) is 4.10. The van der Waals surface area contributed by atoms with Crippen molar-refractivity contribution in [3.8, 4) is 5.75 Å². The number of para-hydroxylation sites is 3. The van der Waals surface area contributed by atoms with Crippen molar-refractivity contribution in [3.05, 3.63) is 64.4 Å². The summed E-state index contributed by atoms with van der Waals surface area (Å²) in [5, 5.41) is 13.5. The molecule has 3 N–H and O–H groups in total. The van der Waals surface area contributed by atoms with Gasteiger partial charge in [0, 0.05) is 5.56 Å². The summed E-state index contributed by atoms with van der Waals surface area (Å²) in [6, 6.07) is 14.0. The van der Waals surface area contributed by atoms with E-state index in [2.05, 4.69) is 20.5 Å². The summed E-state index contributed by atoms with van der Waals surface area (Å²) >= 11 is 0. The normalized spacial score (nSPS) is 11.0. The molecule has 2 aromatic carbocycles. The molecule has 0 spiro atoms. The van der Waals surface area contributed by atoms with Gasteiger partial charge in [0.1, 0.15) is 5.75 Å². The summed E-state index contributed by atoms with van der Waals surface area (Å²) in [7, 11) is 0. The van der Waals surface area contributed by atoms with Crippen LogP contribution < -0.4 is 11.0 Å². The second kappa shape index (κ2) is 5.46. The van der Waals surface area contributed by atoms with Gasteiger partial charge in [-0.3, -0.25) is 10.2 Å². The van der Waals surface area contributed by atoms with Crippen molar-refractivity contribution in [2.75, 3.05) is 5.43 Å². The quantitative estimate of drug-likeness (QED) is 0.506. The molecule has 0 fully saturated rings. The molecule has 0 saturated heterocycles. The molecule has 3 aromatic rings. The lowest BCUT2D eigenvalue weighted by molar-refractivity contribution is 0.474. The molecule has 0 aliphatic heterocycles. The topological polar surface area (TPSA) is 90.4 Å². The Morgan fingerprint density at radius 1 is 1.14 bits per heavy atom. The van der Waals surface area contributed by atoms with Gasteiger partial charge in [0.25, 0.3) is 5.56 Å². The molecule has 3 rings (SSSR count). The van der Waals surface area contributed by atoms with Crippen LogP contribution in [-0.4, -0.2) is 21.3 Å². The number of aromatic amines is 1. The first-order valence-corrected chi connectivity index (χ1v) is 6.30. The van der Waals surface area contributed by atoms with Gasteiger partial charge in [0.2, 0.25) is 5.82 Å². The minimum atomic E-state index is -0.358. The number of anilines is 1. The maximum Gasteiger partial charge on any atom is 0.293 e. The molecular formula is C15H12N4O2. The standard InChI is InChI=1S/C15H12N4O2/c20-13-8-4-1-5-10(13)9-16-19-14-15(21)18-12-7-3-2-6-11(12)17-14/h1-9,20H,(H,17,19)(H,18,21)/b16-9-. The van der Waals surface area contributed by atoms with Gasteiger partial charge < -0.3 is 10.1 Å². The van der Waals surface area contributed by atoms with E-state index in [1.165, 1.54) is 6.21 Å². The predicted molar refractivity (Wildman–Crippen MR) is 81.7 cm³/mol. The first kappa shape index (κ1) is 12.9. The Morgan fingerprint density at radius 3 is 2.76 bits per heavy atom. The largest absolute Gasteiger partial charge is 0.507 e. The van der Waals surface area contributed by atoms with Crippen LogP contribution >= 0.6 is 0 Å². The zero-order chi connectivity index (χ0) is 14.7. The average molecular weight is 280 g/mol. The molecule has 0 aliphatic rings. The van der Waals surface area contributed by atoms with E-state index in [1.807, 2.05) is 12.1 Å². The lowest BCUT2D eigenvalue weighted by Gasteiger charge is -2.01. The monoisotopic (exact) mass is 280 g/mol. The smallest absolute Gasteiger partial charge is 0.293 e. The van der Waals surface area contributed by atoms with Gasteiger partial charge in [-0.05, 0) is 24.3 Å². The molecule has 0 aliphatic carbocycles. The molecule has 1 heterocycles. The fourth-order valence-electron chi connectivity index (χ4n) is 1.87. The third kappa shape index (κ3) is 2.74. The second-order valence-electron chi connectivity index (χ2n) is 4.36. The van der Waals surface area contributed by atoms with Gasteiger partial charge in [0.15, 0.2) is 0 Å². The number of fused-ring (bicyclic) bond motifs is 1. The number of hydrogen-bond donors (Lipinski definition) is 3. The molecule has 0 saturated carbocycles. The van der Waals surface area contributed by atoms with E-state index < -0.39 is 0 Å². The Kier molecular flexibility index (Phi) is 3.34. The van der Waals surface area contributed by atoms with Crippen LogP contribution in [0, 0.1) is 0 Å². The SMILES string of the molecule is O=c1[nH]c2ccccc2nc1N/N=C\c1ccccc1O. The molecule has 0 atom stereocenters. The Bertz CT molecular complexity index is 871. The third-order valence-electron chi connectivity index (χ3n) is 2.91. The maximum atomic E-state index is 11.8. The summed E-state index contributed by atoms with van der Waals surface area (Å²) in [4.78, 5) is 18.8. The number of benzene rings is 2. The van der Waals surface area contributed by atoms with Crippen molar-refractivity contribution >= 4 is 23.1 Å². The van der Waals surface area contributed by atoms with Gasteiger partial charge in [-0.25, -0.2) is 4.98 Å². The molecule has 6 nitrogen and oxygen atoms in total. The number of H-pyrrole nitrogens is 1. The molecule has 104 valence electrons. The van der Waals surface area contributed by atoms with Crippen LogP contribution in [0.3, 0.4) is 0 Å². The zero-order valence-electron chi connectivity index (χ0n) is 10.9. The van der Waals surface area contributed by atoms with Gasteiger partial charge in [-0.1, -0.05) is 24.3 Å². The van der Waals surface area contributed by atoms with Gasteiger partial charge in [0.05, 0.1) is 17.2 Å². The Labute approximate surface area is 119 Å². The van der Waals surface area contributed by atoms with E-state index in [4.69, 9.17) is 0 Å². The van der Waals surface area contributed by atoms with Gasteiger partial charge in [-0.2, -0.15) is 5.10 Å². The minimum absolute atomic E-state index is 0.0976. The number of phenols is 1. The average Bonchev–Trinajstić information content (AvgIpc) is 2.49. The van der Waals surface area contributed by atoms with Crippen LogP contribution in [0.15, 0.2) is 58.4 Å². The lowest BCUT2D eigenvalue weighted by atomic mass is 10.2. The van der Waals surface area contributed by atoms with E-state index in [-0.39, 0.29) is 17.1 Å². The van der Waals surface area contributed by atoms with E-state index >= 15 is 0 Å². The van der Waals surface area contributed by atoms with Crippen LogP contribution in [0.25, 0.3) is 11.0 Å². The summed E-state index contributed by atoms with van der Waals surface area (Å²) in [6.07, 6.45) is 1.42. The minimum Gasteiger partial charge on any atom is -0.507 e. The van der Waals surface area contributed by atoms with Crippen LogP contribution in [0.2, 0.25) is 0 Å². The summed E-state index contributed by atoms with van der Waals surface area (Å²) in [5.74, 6) is 0.212. The number of nitrogens with one attached hydrogen (secondary N) is 2. The molecule has 0 unspecified atom stereocenters. The first-order chi connectivity index (χ1) is 10.2. The maximum absolute atomic E-state index is 11.8. The Morgan fingerprint density at radius 2 is 1.90 bits per heavy atom. The van der Waals surface area contributed by atoms with E-state index in [1.54, 1.807) is 36.4 Å². The predicted octanol–water partition coefficient (Wildman–Crippen LogP) is 2.07. The number of nitrogens with zero attached hydrogens (tertiary/aromatic N) is 2. The van der Waals surface area contributed by atoms with Crippen LogP contribution in [0.5, 0.6) is 5.75 Å². The van der Waals surface area contributed by atoms with E-state index in [9.17, 15) is 9.90 Å². The molecule has 0 bridgehead atoms. The lowest BCUT2D eigenvalue weighted by Crippen LogP contribution is -2.13. The van der Waals surface area contributed by atoms with Crippen LogP contribution in [-0.2, 0) is 0 Å². The molecule has 0 amide bonds. The molecule has 6 heteroatoms. The van der Waals surface area contributed by atoms with Crippen LogP contribution in [0.4, 0.5) is 5.82 Å². The van der Waals surface area contributed by atoms with Crippen molar-refractivity contribution in [2.24, 2.45) is 5.10 Å². The third-order valence-corrected chi connectivity index (χ3v) is 2.91. The highest BCUT2D eigenvalue weighted by molar-refractivity contribution is 5.83. The summed E-state index contributed by atoms with van der Waals surface area (Å²) in [6.45, 7) is 0. The summed E-state index contributed by atoms with van der Waals surface area (Å²) < 4.78 is 0. The van der Waals surface area contributed by atoms with Crippen molar-refractivity contribution in [1.82, 2.24) is 9.97 Å². The number of aromatic nitrogens is 2. The van der Waals surface area contributed by atoms with Crippen molar-refractivity contribution < 1.29 is 5.11 Å². The van der Waals surface area contributed by atoms with Crippen molar-refractivity contribution in [3.63, 3.8) is 0 Å². The highest BCUT2D eigenvalue weighted by atomic mass is 16.3. The second-order valence-corrected chi connectivity index (χ2v) is 4.36. The zero-order valence-corrected chi connectivity index (χ0v) is 10.9. The van der Waals surface area contributed by atoms with Crippen molar-refractivity contribution in [1.29, 1.82) is 0 Å². The molecule has 21 heavy (non-hydrogen) atoms. The van der Waals surface area contributed by atoms with Gasteiger partial charge >= 0.3 is 0 Å². The highest BCUT2D eigenvalue weighted by Gasteiger charge is 2.02.